The van der Waals surface area contributed by atoms with E-state index in [1.165, 1.54) is 0 Å². The number of anilines is 3. The number of para-hydroxylation sites is 1. The van der Waals surface area contributed by atoms with Gasteiger partial charge in [-0.1, -0.05) is 30.3 Å². The van der Waals surface area contributed by atoms with Crippen molar-refractivity contribution in [2.24, 2.45) is 0 Å². The van der Waals surface area contributed by atoms with E-state index in [4.69, 9.17) is 0 Å². The van der Waals surface area contributed by atoms with Crippen molar-refractivity contribution in [3.8, 4) is 0 Å². The van der Waals surface area contributed by atoms with Crippen molar-refractivity contribution in [2.75, 3.05) is 4.90 Å². The van der Waals surface area contributed by atoms with Gasteiger partial charge >= 0.3 is 0 Å². The van der Waals surface area contributed by atoms with Crippen LogP contribution in [0.5, 0.6) is 0 Å². The first kappa shape index (κ1) is 15.2. The topological polar surface area (TPSA) is 29.0 Å². The van der Waals surface area contributed by atoms with Crippen LogP contribution >= 0.6 is 31.9 Å². The molecular formula is C17H13Br2N3. The number of halogens is 2. The highest BCUT2D eigenvalue weighted by atomic mass is 79.9. The number of hydrogen-bond donors (Lipinski definition) is 0. The van der Waals surface area contributed by atoms with Gasteiger partial charge in [-0.3, -0.25) is 4.90 Å². The van der Waals surface area contributed by atoms with E-state index in [2.05, 4.69) is 60.9 Å². The molecule has 0 saturated heterocycles. The number of rotatable bonds is 3. The molecule has 0 spiro atoms. The van der Waals surface area contributed by atoms with Gasteiger partial charge < -0.3 is 0 Å². The quantitative estimate of drug-likeness (QED) is 0.504. The van der Waals surface area contributed by atoms with Crippen molar-refractivity contribution in [1.82, 2.24) is 9.97 Å². The van der Waals surface area contributed by atoms with Crippen molar-refractivity contribution in [3.63, 3.8) is 0 Å². The minimum atomic E-state index is 0.790. The fraction of sp³-hybridized carbons (Fsp3) is 0.0588. The van der Waals surface area contributed by atoms with Gasteiger partial charge in [0.15, 0.2) is 0 Å². The number of nitrogens with zero attached hydrogens (tertiary/aromatic N) is 3. The maximum Gasteiger partial charge on any atom is 0.140 e. The standard InChI is InChI=1S/C17H13Br2N3/c1-12-6-2-3-7-13(12)22(16-10-4-8-14(18)20-16)17-11-5-9-15(19)21-17/h2-11H,1H3. The molecule has 5 heteroatoms. The summed E-state index contributed by atoms with van der Waals surface area (Å²) in [6.07, 6.45) is 0. The second-order valence-electron chi connectivity index (χ2n) is 4.76. The van der Waals surface area contributed by atoms with Crippen molar-refractivity contribution >= 4 is 49.2 Å². The van der Waals surface area contributed by atoms with Gasteiger partial charge in [0.2, 0.25) is 0 Å². The highest BCUT2D eigenvalue weighted by Gasteiger charge is 2.16. The Morgan fingerprint density at radius 2 is 1.27 bits per heavy atom. The number of pyridine rings is 2. The normalized spacial score (nSPS) is 10.5. The monoisotopic (exact) mass is 417 g/mol. The first-order valence-electron chi connectivity index (χ1n) is 6.76. The van der Waals surface area contributed by atoms with Gasteiger partial charge in [0.1, 0.15) is 20.8 Å². The maximum absolute atomic E-state index is 4.58. The van der Waals surface area contributed by atoms with Crippen LogP contribution in [0.3, 0.4) is 0 Å². The molecule has 22 heavy (non-hydrogen) atoms. The molecule has 2 aromatic heterocycles. The molecule has 3 aromatic rings. The minimum absolute atomic E-state index is 0.790. The Balaban J connectivity index is 2.21. The lowest BCUT2D eigenvalue weighted by Gasteiger charge is -2.24. The Bertz CT molecular complexity index is 760. The van der Waals surface area contributed by atoms with Gasteiger partial charge in [0.25, 0.3) is 0 Å². The fourth-order valence-corrected chi connectivity index (χ4v) is 2.89. The SMILES string of the molecule is Cc1ccccc1N(c1cccc(Br)n1)c1cccc(Br)n1. The van der Waals surface area contributed by atoms with E-state index in [-0.39, 0.29) is 0 Å². The molecule has 0 aliphatic heterocycles. The zero-order valence-corrected chi connectivity index (χ0v) is 15.0. The second-order valence-corrected chi connectivity index (χ2v) is 6.38. The zero-order chi connectivity index (χ0) is 15.5. The van der Waals surface area contributed by atoms with Crippen LogP contribution in [0.1, 0.15) is 5.56 Å². The lowest BCUT2D eigenvalue weighted by molar-refractivity contribution is 1.09. The number of aromatic nitrogens is 2. The summed E-state index contributed by atoms with van der Waals surface area (Å²) in [5, 5.41) is 0. The molecule has 0 aliphatic carbocycles. The van der Waals surface area contributed by atoms with Crippen LogP contribution in [-0.4, -0.2) is 9.97 Å². The van der Waals surface area contributed by atoms with Gasteiger partial charge in [0, 0.05) is 0 Å². The molecule has 0 N–H and O–H groups in total. The molecule has 3 nitrogen and oxygen atoms in total. The van der Waals surface area contributed by atoms with Crippen LogP contribution < -0.4 is 4.90 Å². The summed E-state index contributed by atoms with van der Waals surface area (Å²) in [6, 6.07) is 19.9. The highest BCUT2D eigenvalue weighted by molar-refractivity contribution is 9.10. The molecule has 0 bridgehead atoms. The van der Waals surface area contributed by atoms with Gasteiger partial charge in [-0.15, -0.1) is 0 Å². The zero-order valence-electron chi connectivity index (χ0n) is 11.9. The molecular weight excluding hydrogens is 406 g/mol. The molecule has 0 fully saturated rings. The van der Waals surface area contributed by atoms with Crippen molar-refractivity contribution in [2.45, 2.75) is 6.92 Å². The molecule has 0 amide bonds. The van der Waals surface area contributed by atoms with Gasteiger partial charge in [-0.05, 0) is 74.7 Å². The Morgan fingerprint density at radius 3 is 1.77 bits per heavy atom. The maximum atomic E-state index is 4.58. The summed E-state index contributed by atoms with van der Waals surface area (Å²) in [4.78, 5) is 11.2. The molecule has 0 atom stereocenters. The summed E-state index contributed by atoms with van der Waals surface area (Å²) in [7, 11) is 0. The minimum Gasteiger partial charge on any atom is -0.279 e. The molecule has 0 unspecified atom stereocenters. The molecule has 2 heterocycles. The van der Waals surface area contributed by atoms with E-state index in [9.17, 15) is 0 Å². The summed E-state index contributed by atoms with van der Waals surface area (Å²) in [6.45, 7) is 2.08. The van der Waals surface area contributed by atoms with Crippen LogP contribution in [0.2, 0.25) is 0 Å². The van der Waals surface area contributed by atoms with Gasteiger partial charge in [-0.25, -0.2) is 9.97 Å². The Morgan fingerprint density at radius 1 is 0.727 bits per heavy atom. The van der Waals surface area contributed by atoms with E-state index in [1.54, 1.807) is 0 Å². The summed E-state index contributed by atoms with van der Waals surface area (Å²) in [5.74, 6) is 1.63. The molecule has 110 valence electrons. The molecule has 0 radical (unpaired) electrons. The summed E-state index contributed by atoms with van der Waals surface area (Å²) >= 11 is 6.88. The lowest BCUT2D eigenvalue weighted by Crippen LogP contribution is -2.14. The summed E-state index contributed by atoms with van der Waals surface area (Å²) < 4.78 is 1.58. The first-order chi connectivity index (χ1) is 10.6. The molecule has 0 aliphatic rings. The van der Waals surface area contributed by atoms with Crippen LogP contribution in [0.4, 0.5) is 17.3 Å². The number of benzene rings is 1. The predicted molar refractivity (Wildman–Crippen MR) is 96.9 cm³/mol. The Hall–Kier alpha value is -1.72. The third kappa shape index (κ3) is 3.20. The van der Waals surface area contributed by atoms with E-state index in [0.29, 0.717) is 0 Å². The van der Waals surface area contributed by atoms with E-state index in [1.807, 2.05) is 53.4 Å². The molecule has 3 rings (SSSR count). The van der Waals surface area contributed by atoms with Crippen molar-refractivity contribution < 1.29 is 0 Å². The predicted octanol–water partition coefficient (Wildman–Crippen LogP) is 5.78. The smallest absolute Gasteiger partial charge is 0.140 e. The second kappa shape index (κ2) is 6.58. The van der Waals surface area contributed by atoms with Crippen LogP contribution in [0.15, 0.2) is 69.9 Å². The highest BCUT2D eigenvalue weighted by Crippen LogP contribution is 2.34. The average molecular weight is 419 g/mol. The molecule has 0 saturated carbocycles. The van der Waals surface area contributed by atoms with E-state index in [0.717, 1.165) is 32.1 Å². The Labute approximate surface area is 146 Å². The Kier molecular flexibility index (Phi) is 4.55. The van der Waals surface area contributed by atoms with Crippen molar-refractivity contribution in [3.05, 3.63) is 75.4 Å². The average Bonchev–Trinajstić information content (AvgIpc) is 2.50. The fourth-order valence-electron chi connectivity index (χ4n) is 2.22. The third-order valence-electron chi connectivity index (χ3n) is 3.22. The number of hydrogen-bond acceptors (Lipinski definition) is 3. The van der Waals surface area contributed by atoms with E-state index >= 15 is 0 Å². The summed E-state index contributed by atoms with van der Waals surface area (Å²) in [5.41, 5.74) is 2.21. The molecule has 1 aromatic carbocycles. The lowest BCUT2D eigenvalue weighted by atomic mass is 10.1. The largest absolute Gasteiger partial charge is 0.279 e. The first-order valence-corrected chi connectivity index (χ1v) is 8.34. The van der Waals surface area contributed by atoms with E-state index < -0.39 is 0 Å². The van der Waals surface area contributed by atoms with Crippen LogP contribution in [0.25, 0.3) is 0 Å². The van der Waals surface area contributed by atoms with Gasteiger partial charge in [0.05, 0.1) is 5.69 Å². The van der Waals surface area contributed by atoms with Crippen molar-refractivity contribution in [1.29, 1.82) is 0 Å². The third-order valence-corrected chi connectivity index (χ3v) is 4.10. The van der Waals surface area contributed by atoms with Crippen LogP contribution in [0, 0.1) is 6.92 Å². The number of aryl methyl sites for hydroxylation is 1. The van der Waals surface area contributed by atoms with Gasteiger partial charge in [-0.2, -0.15) is 0 Å². The van der Waals surface area contributed by atoms with Crippen LogP contribution in [-0.2, 0) is 0 Å².